The second kappa shape index (κ2) is 8.37. The molecule has 136 valence electrons. The molecule has 8 heteroatoms. The molecule has 0 spiro atoms. The molecule has 2 heterocycles. The maximum absolute atomic E-state index is 8.78. The lowest BCUT2D eigenvalue weighted by Crippen LogP contribution is -2.06. The lowest BCUT2D eigenvalue weighted by atomic mass is 10.1. The molecule has 0 amide bonds. The summed E-state index contributed by atoms with van der Waals surface area (Å²) in [4.78, 5) is 9.22. The molecule has 25 heavy (non-hydrogen) atoms. The molecule has 0 bridgehead atoms. The zero-order chi connectivity index (χ0) is 18.6. The number of fused-ring (bicyclic) bond motifs is 3. The van der Waals surface area contributed by atoms with Gasteiger partial charge in [-0.1, -0.05) is 39.0 Å². The third kappa shape index (κ3) is 4.53. The van der Waals surface area contributed by atoms with Gasteiger partial charge in [-0.15, -0.1) is 0 Å². The molecule has 1 aromatic carbocycles. The van der Waals surface area contributed by atoms with E-state index in [2.05, 4.69) is 41.5 Å². The highest BCUT2D eigenvalue weighted by Crippen LogP contribution is 2.29. The summed E-state index contributed by atoms with van der Waals surface area (Å²) < 4.78 is 19.9. The summed E-state index contributed by atoms with van der Waals surface area (Å²) in [5.74, 6) is 2.29. The van der Waals surface area contributed by atoms with E-state index in [0.29, 0.717) is 11.7 Å². The Morgan fingerprint density at radius 3 is 2.52 bits per heavy atom. The number of nitrogen functional groups attached to an aromatic ring is 1. The van der Waals surface area contributed by atoms with Crippen LogP contribution in [0.25, 0.3) is 21.9 Å². The number of imidazole rings is 1. The SMILES string of the molecule is CCc1nc2c(N)nc3ccccc3c2n1CCC(C)C.NS(=O)[O-]. The van der Waals surface area contributed by atoms with Gasteiger partial charge in [0.1, 0.15) is 11.3 Å². The van der Waals surface area contributed by atoms with E-state index in [1.807, 2.05) is 18.2 Å². The minimum absolute atomic E-state index is 0.529. The van der Waals surface area contributed by atoms with E-state index in [0.717, 1.165) is 47.1 Å². The highest BCUT2D eigenvalue weighted by molar-refractivity contribution is 7.76. The van der Waals surface area contributed by atoms with Crippen molar-refractivity contribution in [3.05, 3.63) is 30.1 Å². The van der Waals surface area contributed by atoms with Gasteiger partial charge in [0.15, 0.2) is 5.82 Å². The number of hydrogen-bond donors (Lipinski definition) is 2. The van der Waals surface area contributed by atoms with Crippen molar-refractivity contribution in [2.24, 2.45) is 11.1 Å². The van der Waals surface area contributed by atoms with Crippen LogP contribution < -0.4 is 10.9 Å². The van der Waals surface area contributed by atoms with Gasteiger partial charge in [-0.3, -0.25) is 9.35 Å². The van der Waals surface area contributed by atoms with Crippen molar-refractivity contribution in [3.63, 3.8) is 0 Å². The molecule has 0 fully saturated rings. The van der Waals surface area contributed by atoms with Crippen LogP contribution in [0.2, 0.25) is 0 Å². The van der Waals surface area contributed by atoms with Gasteiger partial charge in [0.2, 0.25) is 0 Å². The summed E-state index contributed by atoms with van der Waals surface area (Å²) >= 11 is -2.36. The zero-order valence-electron chi connectivity index (χ0n) is 14.7. The van der Waals surface area contributed by atoms with Gasteiger partial charge >= 0.3 is 0 Å². The first-order chi connectivity index (χ1) is 11.8. The number of pyridine rings is 1. The predicted octanol–water partition coefficient (Wildman–Crippen LogP) is 2.51. The van der Waals surface area contributed by atoms with Crippen LogP contribution in [0.15, 0.2) is 24.3 Å². The molecular weight excluding hydrogens is 338 g/mol. The van der Waals surface area contributed by atoms with Crippen molar-refractivity contribution in [1.82, 2.24) is 14.5 Å². The fourth-order valence-electron chi connectivity index (χ4n) is 2.80. The van der Waals surface area contributed by atoms with Crippen LogP contribution in [0.5, 0.6) is 0 Å². The Hall–Kier alpha value is -2.03. The van der Waals surface area contributed by atoms with Crippen LogP contribution >= 0.6 is 0 Å². The molecule has 1 unspecified atom stereocenters. The van der Waals surface area contributed by atoms with E-state index in [9.17, 15) is 0 Å². The maximum Gasteiger partial charge on any atom is 0.152 e. The highest BCUT2D eigenvalue weighted by Gasteiger charge is 2.16. The number of benzene rings is 1. The molecule has 3 aromatic rings. The summed E-state index contributed by atoms with van der Waals surface area (Å²) in [5, 5.41) is 5.16. The second-order valence-corrected chi connectivity index (χ2v) is 6.71. The van der Waals surface area contributed by atoms with E-state index in [1.165, 1.54) is 0 Å². The smallest absolute Gasteiger partial charge is 0.152 e. The van der Waals surface area contributed by atoms with E-state index < -0.39 is 11.3 Å². The largest absolute Gasteiger partial charge is 0.760 e. The first kappa shape index (κ1) is 19.3. The molecule has 2 aromatic heterocycles. The minimum atomic E-state index is -2.36. The number of anilines is 1. The molecular formula is C17H24N5O2S-. The summed E-state index contributed by atoms with van der Waals surface area (Å²) in [5.41, 5.74) is 9.05. The molecule has 0 saturated carbocycles. The summed E-state index contributed by atoms with van der Waals surface area (Å²) in [6.45, 7) is 7.61. The van der Waals surface area contributed by atoms with Crippen LogP contribution in [0.4, 0.5) is 5.82 Å². The number of para-hydroxylation sites is 1. The molecule has 3 rings (SSSR count). The summed E-state index contributed by atoms with van der Waals surface area (Å²) in [6.07, 6.45) is 2.04. The van der Waals surface area contributed by atoms with Gasteiger partial charge in [0.25, 0.3) is 0 Å². The van der Waals surface area contributed by atoms with Gasteiger partial charge in [0, 0.05) is 29.6 Å². The second-order valence-electron chi connectivity index (χ2n) is 6.19. The minimum Gasteiger partial charge on any atom is -0.760 e. The number of nitrogens with two attached hydrogens (primary N) is 2. The Bertz CT molecular complexity index is 888. The summed E-state index contributed by atoms with van der Waals surface area (Å²) in [7, 11) is 0. The first-order valence-electron chi connectivity index (χ1n) is 8.22. The standard InChI is InChI=1S/C17H22N4.H3NO2S/c1-4-14-20-15-16(21(14)10-9-11(2)3)12-7-5-6-8-13(12)19-17(15)18;1-4(2)3/h5-8,11H,4,9-10H2,1-3H3,(H2,18,19);1H2,(H,2,3)/p-1. The van der Waals surface area contributed by atoms with Crippen LogP contribution in [0.1, 0.15) is 33.0 Å². The normalized spacial score (nSPS) is 12.4. The highest BCUT2D eigenvalue weighted by atomic mass is 32.2. The molecule has 4 N–H and O–H groups in total. The Kier molecular flexibility index (Phi) is 6.46. The van der Waals surface area contributed by atoms with Crippen molar-refractivity contribution in [1.29, 1.82) is 0 Å². The zero-order valence-corrected chi connectivity index (χ0v) is 15.5. The van der Waals surface area contributed by atoms with Crippen molar-refractivity contribution in [3.8, 4) is 0 Å². The lowest BCUT2D eigenvalue weighted by Gasteiger charge is -2.11. The quantitative estimate of drug-likeness (QED) is 0.690. The van der Waals surface area contributed by atoms with Gasteiger partial charge in [-0.2, -0.15) is 0 Å². The fraction of sp³-hybridized carbons (Fsp3) is 0.412. The maximum atomic E-state index is 8.78. The first-order valence-corrected chi connectivity index (χ1v) is 9.35. The third-order valence-electron chi connectivity index (χ3n) is 3.94. The Labute approximate surface area is 149 Å². The van der Waals surface area contributed by atoms with Crippen molar-refractivity contribution >= 4 is 39.0 Å². The van der Waals surface area contributed by atoms with Crippen LogP contribution in [0.3, 0.4) is 0 Å². The number of rotatable bonds is 4. The van der Waals surface area contributed by atoms with Gasteiger partial charge in [-0.05, 0) is 18.4 Å². The third-order valence-corrected chi connectivity index (χ3v) is 3.94. The summed E-state index contributed by atoms with van der Waals surface area (Å²) in [6, 6.07) is 8.16. The van der Waals surface area contributed by atoms with Crippen LogP contribution in [-0.4, -0.2) is 23.3 Å². The predicted molar refractivity (Wildman–Crippen MR) is 101 cm³/mol. The number of nitrogens with zero attached hydrogens (tertiary/aromatic N) is 3. The molecule has 0 aliphatic carbocycles. The number of aryl methyl sites for hydroxylation is 2. The molecule has 7 nitrogen and oxygen atoms in total. The number of hydrogen-bond acceptors (Lipinski definition) is 5. The molecule has 0 aliphatic heterocycles. The topological polar surface area (TPSA) is 123 Å². The number of aromatic nitrogens is 3. The Morgan fingerprint density at radius 1 is 1.28 bits per heavy atom. The van der Waals surface area contributed by atoms with Gasteiger partial charge in [0.05, 0.1) is 11.0 Å². The average Bonchev–Trinajstić information content (AvgIpc) is 2.92. The van der Waals surface area contributed by atoms with Gasteiger partial charge < -0.3 is 14.9 Å². The van der Waals surface area contributed by atoms with Gasteiger partial charge in [-0.25, -0.2) is 9.97 Å². The Morgan fingerprint density at radius 2 is 1.92 bits per heavy atom. The van der Waals surface area contributed by atoms with E-state index in [1.54, 1.807) is 0 Å². The monoisotopic (exact) mass is 362 g/mol. The van der Waals surface area contributed by atoms with Crippen LogP contribution in [0, 0.1) is 5.92 Å². The average molecular weight is 362 g/mol. The van der Waals surface area contributed by atoms with Crippen LogP contribution in [-0.2, 0) is 24.2 Å². The lowest BCUT2D eigenvalue weighted by molar-refractivity contribution is 0.514. The van der Waals surface area contributed by atoms with Crippen molar-refractivity contribution in [2.75, 3.05) is 5.73 Å². The molecule has 0 saturated heterocycles. The molecule has 1 atom stereocenters. The molecule has 0 radical (unpaired) electrons. The van der Waals surface area contributed by atoms with E-state index in [4.69, 9.17) is 19.5 Å². The fourth-order valence-corrected chi connectivity index (χ4v) is 2.80. The van der Waals surface area contributed by atoms with Crippen molar-refractivity contribution in [2.45, 2.75) is 40.2 Å². The Balaban J connectivity index is 0.000000511. The van der Waals surface area contributed by atoms with E-state index >= 15 is 0 Å². The van der Waals surface area contributed by atoms with Crippen molar-refractivity contribution < 1.29 is 8.76 Å². The molecule has 0 aliphatic rings. The van der Waals surface area contributed by atoms with E-state index in [-0.39, 0.29) is 0 Å².